The molecule has 0 radical (unpaired) electrons. The minimum atomic E-state index is 0.869. The Kier molecular flexibility index (Phi) is 2.78. The molecule has 0 atom stereocenters. The first-order chi connectivity index (χ1) is 10.3. The van der Waals surface area contributed by atoms with Crippen LogP contribution in [0.3, 0.4) is 0 Å². The van der Waals surface area contributed by atoms with E-state index < -0.39 is 0 Å². The SMILES string of the molecule is COc1ccc(-c2cc3n(n2)CCc2ccccc2-3)cc1. The molecule has 21 heavy (non-hydrogen) atoms. The van der Waals surface area contributed by atoms with Crippen LogP contribution in [0.2, 0.25) is 0 Å². The van der Waals surface area contributed by atoms with Gasteiger partial charge in [-0.1, -0.05) is 24.3 Å². The first-order valence-corrected chi connectivity index (χ1v) is 7.16. The molecule has 1 aliphatic rings. The molecular weight excluding hydrogens is 260 g/mol. The van der Waals surface area contributed by atoms with Crippen molar-refractivity contribution in [2.45, 2.75) is 13.0 Å². The minimum absolute atomic E-state index is 0.869. The van der Waals surface area contributed by atoms with Gasteiger partial charge in [-0.25, -0.2) is 0 Å². The summed E-state index contributed by atoms with van der Waals surface area (Å²) in [5, 5.41) is 4.75. The van der Waals surface area contributed by atoms with Gasteiger partial charge in [0.2, 0.25) is 0 Å². The molecule has 1 aromatic heterocycles. The highest BCUT2D eigenvalue weighted by atomic mass is 16.5. The maximum Gasteiger partial charge on any atom is 0.118 e. The molecule has 2 aromatic carbocycles. The maximum absolute atomic E-state index is 5.21. The van der Waals surface area contributed by atoms with Gasteiger partial charge >= 0.3 is 0 Å². The Hall–Kier alpha value is -2.55. The number of aryl methyl sites for hydroxylation is 2. The quantitative estimate of drug-likeness (QED) is 0.712. The Morgan fingerprint density at radius 1 is 1.05 bits per heavy atom. The Bertz CT molecular complexity index is 787. The van der Waals surface area contributed by atoms with Crippen LogP contribution in [-0.4, -0.2) is 16.9 Å². The van der Waals surface area contributed by atoms with Crippen molar-refractivity contribution in [1.82, 2.24) is 9.78 Å². The molecule has 0 bridgehead atoms. The van der Waals surface area contributed by atoms with Crippen molar-refractivity contribution in [3.8, 4) is 28.3 Å². The van der Waals surface area contributed by atoms with E-state index >= 15 is 0 Å². The normalized spacial score (nSPS) is 12.6. The summed E-state index contributed by atoms with van der Waals surface area (Å²) < 4.78 is 7.32. The molecule has 0 aliphatic carbocycles. The van der Waals surface area contributed by atoms with Crippen LogP contribution in [0.1, 0.15) is 5.56 Å². The molecule has 0 spiro atoms. The van der Waals surface area contributed by atoms with Gasteiger partial charge < -0.3 is 4.74 Å². The van der Waals surface area contributed by atoms with E-state index in [1.165, 1.54) is 16.8 Å². The molecule has 0 saturated heterocycles. The van der Waals surface area contributed by atoms with Crippen LogP contribution in [0.5, 0.6) is 5.75 Å². The van der Waals surface area contributed by atoms with Crippen LogP contribution < -0.4 is 4.74 Å². The number of hydrogen-bond acceptors (Lipinski definition) is 2. The molecule has 0 fully saturated rings. The van der Waals surface area contributed by atoms with E-state index in [1.807, 2.05) is 12.1 Å². The highest BCUT2D eigenvalue weighted by molar-refractivity contribution is 5.72. The van der Waals surface area contributed by atoms with Crippen LogP contribution in [0, 0.1) is 0 Å². The van der Waals surface area contributed by atoms with Gasteiger partial charge in [0.25, 0.3) is 0 Å². The van der Waals surface area contributed by atoms with Gasteiger partial charge in [-0.05, 0) is 42.3 Å². The molecule has 1 aliphatic heterocycles. The summed E-state index contributed by atoms with van der Waals surface area (Å²) in [5.41, 5.74) is 6.06. The van der Waals surface area contributed by atoms with E-state index in [2.05, 4.69) is 47.1 Å². The third-order valence-electron chi connectivity index (χ3n) is 4.05. The van der Waals surface area contributed by atoms with Crippen LogP contribution in [0.4, 0.5) is 0 Å². The number of rotatable bonds is 2. The standard InChI is InChI=1S/C18H16N2O/c1-21-15-8-6-14(7-9-15)17-12-18-16-5-3-2-4-13(16)10-11-20(18)19-17/h2-9,12H,10-11H2,1H3. The van der Waals surface area contributed by atoms with E-state index in [0.29, 0.717) is 0 Å². The lowest BCUT2D eigenvalue weighted by molar-refractivity contribution is 0.415. The number of methoxy groups -OCH3 is 1. The first kappa shape index (κ1) is 12.2. The van der Waals surface area contributed by atoms with Crippen molar-refractivity contribution in [2.24, 2.45) is 0 Å². The fourth-order valence-corrected chi connectivity index (χ4v) is 2.92. The predicted octanol–water partition coefficient (Wildman–Crippen LogP) is 3.78. The van der Waals surface area contributed by atoms with Gasteiger partial charge in [0.1, 0.15) is 5.75 Å². The summed E-state index contributed by atoms with van der Waals surface area (Å²) in [6, 6.07) is 18.8. The van der Waals surface area contributed by atoms with Gasteiger partial charge in [0, 0.05) is 17.7 Å². The molecule has 104 valence electrons. The molecule has 0 unspecified atom stereocenters. The topological polar surface area (TPSA) is 27.1 Å². The Balaban J connectivity index is 1.79. The van der Waals surface area contributed by atoms with Crippen LogP contribution in [0.25, 0.3) is 22.5 Å². The number of aromatic nitrogens is 2. The molecule has 0 amide bonds. The van der Waals surface area contributed by atoms with E-state index in [1.54, 1.807) is 7.11 Å². The van der Waals surface area contributed by atoms with Gasteiger partial charge in [0.15, 0.2) is 0 Å². The number of ether oxygens (including phenoxy) is 1. The monoisotopic (exact) mass is 276 g/mol. The van der Waals surface area contributed by atoms with Crippen molar-refractivity contribution in [3.05, 3.63) is 60.2 Å². The number of hydrogen-bond donors (Lipinski definition) is 0. The second-order valence-corrected chi connectivity index (χ2v) is 5.27. The molecule has 4 rings (SSSR count). The van der Waals surface area contributed by atoms with Gasteiger partial charge in [-0.2, -0.15) is 5.10 Å². The fraction of sp³-hybridized carbons (Fsp3) is 0.167. The molecule has 2 heterocycles. The van der Waals surface area contributed by atoms with Crippen molar-refractivity contribution >= 4 is 0 Å². The van der Waals surface area contributed by atoms with Crippen molar-refractivity contribution in [3.63, 3.8) is 0 Å². The smallest absolute Gasteiger partial charge is 0.118 e. The van der Waals surface area contributed by atoms with Crippen LogP contribution >= 0.6 is 0 Å². The molecular formula is C18H16N2O. The fourth-order valence-electron chi connectivity index (χ4n) is 2.92. The molecule has 3 aromatic rings. The van der Waals surface area contributed by atoms with E-state index in [-0.39, 0.29) is 0 Å². The second kappa shape index (κ2) is 4.77. The zero-order valence-corrected chi connectivity index (χ0v) is 11.9. The molecule has 3 heteroatoms. The lowest BCUT2D eigenvalue weighted by Crippen LogP contribution is -2.11. The lowest BCUT2D eigenvalue weighted by Gasteiger charge is -2.17. The number of nitrogens with zero attached hydrogens (tertiary/aromatic N) is 2. The third kappa shape index (κ3) is 2.02. The predicted molar refractivity (Wildman–Crippen MR) is 83.4 cm³/mol. The minimum Gasteiger partial charge on any atom is -0.497 e. The van der Waals surface area contributed by atoms with E-state index in [4.69, 9.17) is 9.84 Å². The highest BCUT2D eigenvalue weighted by Crippen LogP contribution is 2.32. The van der Waals surface area contributed by atoms with E-state index in [0.717, 1.165) is 30.0 Å². The highest BCUT2D eigenvalue weighted by Gasteiger charge is 2.18. The first-order valence-electron chi connectivity index (χ1n) is 7.16. The zero-order chi connectivity index (χ0) is 14.2. The summed E-state index contributed by atoms with van der Waals surface area (Å²) in [7, 11) is 1.68. The van der Waals surface area contributed by atoms with Gasteiger partial charge in [0.05, 0.1) is 18.5 Å². The average molecular weight is 276 g/mol. The summed E-state index contributed by atoms with van der Waals surface area (Å²) in [6.07, 6.45) is 1.05. The third-order valence-corrected chi connectivity index (χ3v) is 4.05. The molecule has 3 nitrogen and oxygen atoms in total. The van der Waals surface area contributed by atoms with E-state index in [9.17, 15) is 0 Å². The molecule has 0 N–H and O–H groups in total. The Morgan fingerprint density at radius 2 is 1.86 bits per heavy atom. The van der Waals surface area contributed by atoms with Gasteiger partial charge in [-0.15, -0.1) is 0 Å². The molecule has 0 saturated carbocycles. The Labute approximate surface area is 123 Å². The summed E-state index contributed by atoms with van der Waals surface area (Å²) >= 11 is 0. The zero-order valence-electron chi connectivity index (χ0n) is 11.9. The second-order valence-electron chi connectivity index (χ2n) is 5.27. The van der Waals surface area contributed by atoms with Crippen molar-refractivity contribution < 1.29 is 4.74 Å². The largest absolute Gasteiger partial charge is 0.497 e. The van der Waals surface area contributed by atoms with Crippen LogP contribution in [0.15, 0.2) is 54.6 Å². The Morgan fingerprint density at radius 3 is 2.67 bits per heavy atom. The number of benzene rings is 2. The lowest BCUT2D eigenvalue weighted by atomic mass is 9.98. The maximum atomic E-state index is 5.21. The van der Waals surface area contributed by atoms with Crippen molar-refractivity contribution in [2.75, 3.05) is 7.11 Å². The van der Waals surface area contributed by atoms with Crippen LogP contribution in [-0.2, 0) is 13.0 Å². The number of fused-ring (bicyclic) bond motifs is 3. The summed E-state index contributed by atoms with van der Waals surface area (Å²) in [4.78, 5) is 0. The average Bonchev–Trinajstić information content (AvgIpc) is 2.99. The summed E-state index contributed by atoms with van der Waals surface area (Å²) in [6.45, 7) is 0.947. The van der Waals surface area contributed by atoms with Crippen molar-refractivity contribution in [1.29, 1.82) is 0 Å². The summed E-state index contributed by atoms with van der Waals surface area (Å²) in [5.74, 6) is 0.869. The van der Waals surface area contributed by atoms with Gasteiger partial charge in [-0.3, -0.25) is 4.68 Å².